The number of hydrogen-bond donors (Lipinski definition) is 2. The monoisotopic (exact) mass is 467 g/mol. The number of thiazole rings is 1. The van der Waals surface area contributed by atoms with E-state index < -0.39 is 17.4 Å². The summed E-state index contributed by atoms with van der Waals surface area (Å²) in [6.45, 7) is 3.15. The van der Waals surface area contributed by atoms with Crippen molar-refractivity contribution in [2.75, 3.05) is 26.7 Å². The van der Waals surface area contributed by atoms with E-state index in [0.29, 0.717) is 29.5 Å². The lowest BCUT2D eigenvalue weighted by atomic mass is 9.98. The number of likely N-dealkylation sites (tertiary alicyclic amines) is 2. The van der Waals surface area contributed by atoms with E-state index in [1.165, 1.54) is 16.2 Å². The molecule has 10 heteroatoms. The number of aromatic nitrogens is 2. The van der Waals surface area contributed by atoms with Crippen LogP contribution in [0.2, 0.25) is 0 Å². The van der Waals surface area contributed by atoms with Gasteiger partial charge in [0, 0.05) is 43.8 Å². The highest BCUT2D eigenvalue weighted by Crippen LogP contribution is 2.36. The molecule has 1 aromatic carbocycles. The van der Waals surface area contributed by atoms with Gasteiger partial charge >= 0.3 is 0 Å². The van der Waals surface area contributed by atoms with Gasteiger partial charge in [-0.2, -0.15) is 0 Å². The first-order valence-electron chi connectivity index (χ1n) is 10.9. The highest BCUT2D eigenvalue weighted by atomic mass is 32.1. The van der Waals surface area contributed by atoms with Crippen LogP contribution in [0.15, 0.2) is 34.9 Å². The van der Waals surface area contributed by atoms with Crippen molar-refractivity contribution in [3.8, 4) is 21.8 Å². The number of primary amides is 1. The normalized spacial score (nSPS) is 21.3. The molecule has 1 atom stereocenters. The van der Waals surface area contributed by atoms with Crippen LogP contribution in [-0.2, 0) is 16.9 Å². The smallest absolute Gasteiger partial charge is 0.268 e. The summed E-state index contributed by atoms with van der Waals surface area (Å²) in [7, 11) is 1.65. The first-order chi connectivity index (χ1) is 15.8. The SMILES string of the molecule is CN1CC[C@@](O)(c2cc(-c3cccc(-c4nc(C(N)=O)c(CN5CCCC5)s4)c3)no2)C1=O. The van der Waals surface area contributed by atoms with Crippen LogP contribution in [-0.4, -0.2) is 63.5 Å². The maximum atomic E-state index is 12.4. The molecule has 2 aliphatic rings. The number of aliphatic hydroxyl groups is 1. The Balaban J connectivity index is 1.44. The number of benzene rings is 1. The largest absolute Gasteiger partial charge is 0.373 e. The minimum atomic E-state index is -1.69. The maximum absolute atomic E-state index is 12.4. The van der Waals surface area contributed by atoms with E-state index in [0.717, 1.165) is 41.9 Å². The van der Waals surface area contributed by atoms with Gasteiger partial charge in [-0.25, -0.2) is 4.98 Å². The van der Waals surface area contributed by atoms with Gasteiger partial charge in [-0.1, -0.05) is 23.4 Å². The molecule has 172 valence electrons. The molecule has 0 saturated carbocycles. The summed E-state index contributed by atoms with van der Waals surface area (Å²) < 4.78 is 5.37. The zero-order chi connectivity index (χ0) is 23.2. The van der Waals surface area contributed by atoms with Gasteiger partial charge in [-0.15, -0.1) is 11.3 Å². The van der Waals surface area contributed by atoms with Crippen molar-refractivity contribution in [3.05, 3.63) is 46.7 Å². The fourth-order valence-corrected chi connectivity index (χ4v) is 5.52. The summed E-state index contributed by atoms with van der Waals surface area (Å²) in [6.07, 6.45) is 2.58. The molecule has 3 N–H and O–H groups in total. The molecular formula is C23H25N5O4S. The first-order valence-corrected chi connectivity index (χ1v) is 11.7. The minimum absolute atomic E-state index is 0.135. The molecule has 3 aromatic rings. The number of carbonyl (C=O) groups excluding carboxylic acids is 2. The van der Waals surface area contributed by atoms with E-state index in [2.05, 4.69) is 15.0 Å². The highest BCUT2D eigenvalue weighted by molar-refractivity contribution is 7.15. The molecule has 2 fully saturated rings. The van der Waals surface area contributed by atoms with Gasteiger partial charge in [0.1, 0.15) is 16.4 Å². The Labute approximate surface area is 194 Å². The van der Waals surface area contributed by atoms with Gasteiger partial charge in [-0.05, 0) is 32.0 Å². The summed E-state index contributed by atoms with van der Waals surface area (Å²) in [5.41, 5.74) is 6.33. The summed E-state index contributed by atoms with van der Waals surface area (Å²) in [6, 6.07) is 9.15. The molecule has 4 heterocycles. The van der Waals surface area contributed by atoms with Crippen LogP contribution < -0.4 is 5.73 Å². The second kappa shape index (κ2) is 8.36. The number of nitrogens with zero attached hydrogens (tertiary/aromatic N) is 4. The van der Waals surface area contributed by atoms with Crippen molar-refractivity contribution in [3.63, 3.8) is 0 Å². The maximum Gasteiger partial charge on any atom is 0.268 e. The van der Waals surface area contributed by atoms with Crippen LogP contribution >= 0.6 is 11.3 Å². The van der Waals surface area contributed by atoms with Crippen molar-refractivity contribution in [2.45, 2.75) is 31.4 Å². The Hall–Kier alpha value is -3.08. The van der Waals surface area contributed by atoms with Gasteiger partial charge < -0.3 is 20.3 Å². The molecule has 2 aromatic heterocycles. The average molecular weight is 468 g/mol. The predicted molar refractivity (Wildman–Crippen MR) is 122 cm³/mol. The van der Waals surface area contributed by atoms with Crippen LogP contribution in [0, 0.1) is 0 Å². The average Bonchev–Trinajstić information content (AvgIpc) is 3.60. The summed E-state index contributed by atoms with van der Waals surface area (Å²) in [5, 5.41) is 15.6. The minimum Gasteiger partial charge on any atom is -0.373 e. The van der Waals surface area contributed by atoms with E-state index >= 15 is 0 Å². The van der Waals surface area contributed by atoms with E-state index in [9.17, 15) is 14.7 Å². The van der Waals surface area contributed by atoms with Gasteiger partial charge in [-0.3, -0.25) is 14.5 Å². The van der Waals surface area contributed by atoms with Crippen molar-refractivity contribution in [1.82, 2.24) is 19.9 Å². The third-order valence-corrected chi connectivity index (χ3v) is 7.42. The Kier molecular flexibility index (Phi) is 5.51. The Bertz CT molecular complexity index is 1220. The molecule has 33 heavy (non-hydrogen) atoms. The second-order valence-electron chi connectivity index (χ2n) is 8.63. The van der Waals surface area contributed by atoms with Crippen LogP contribution in [0.1, 0.15) is 40.4 Å². The van der Waals surface area contributed by atoms with Crippen molar-refractivity contribution < 1.29 is 19.2 Å². The number of likely N-dealkylation sites (N-methyl/N-ethyl adjacent to an activating group) is 1. The molecule has 0 bridgehead atoms. The highest BCUT2D eigenvalue weighted by Gasteiger charge is 2.48. The number of hydrogen-bond acceptors (Lipinski definition) is 8. The zero-order valence-corrected chi connectivity index (χ0v) is 19.1. The number of nitrogens with two attached hydrogens (primary N) is 1. The van der Waals surface area contributed by atoms with E-state index in [1.807, 2.05) is 24.3 Å². The Morgan fingerprint density at radius 3 is 2.70 bits per heavy atom. The molecule has 5 rings (SSSR count). The lowest BCUT2D eigenvalue weighted by Crippen LogP contribution is -2.35. The van der Waals surface area contributed by atoms with E-state index in [1.54, 1.807) is 13.1 Å². The molecule has 2 amide bonds. The fraction of sp³-hybridized carbons (Fsp3) is 0.391. The summed E-state index contributed by atoms with van der Waals surface area (Å²) >= 11 is 1.47. The standard InChI is InChI=1S/C23H25N5O4S/c1-27-10-7-23(31,22(27)30)18-12-16(26-32-18)14-5-4-6-15(11-14)21-25-19(20(24)29)17(33-21)13-28-8-2-3-9-28/h4-6,11-12,31H,2-3,7-10,13H2,1H3,(H2,24,29)/t23-/m1/s1. The molecule has 9 nitrogen and oxygen atoms in total. The zero-order valence-electron chi connectivity index (χ0n) is 18.3. The van der Waals surface area contributed by atoms with Crippen molar-refractivity contribution in [2.24, 2.45) is 5.73 Å². The van der Waals surface area contributed by atoms with Gasteiger partial charge in [0.05, 0.1) is 4.88 Å². The molecule has 2 aliphatic heterocycles. The first kappa shape index (κ1) is 21.7. The van der Waals surface area contributed by atoms with Crippen molar-refractivity contribution >= 4 is 23.2 Å². The topological polar surface area (TPSA) is 126 Å². The fourth-order valence-electron chi connectivity index (χ4n) is 4.42. The summed E-state index contributed by atoms with van der Waals surface area (Å²) in [4.78, 5) is 33.6. The molecular weight excluding hydrogens is 442 g/mol. The predicted octanol–water partition coefficient (Wildman–Crippen LogP) is 2.21. The molecule has 0 unspecified atom stereocenters. The van der Waals surface area contributed by atoms with Crippen LogP contribution in [0.25, 0.3) is 21.8 Å². The van der Waals surface area contributed by atoms with E-state index in [4.69, 9.17) is 10.3 Å². The van der Waals surface area contributed by atoms with Crippen LogP contribution in [0.3, 0.4) is 0 Å². The van der Waals surface area contributed by atoms with Gasteiger partial charge in [0.15, 0.2) is 5.76 Å². The molecule has 0 aliphatic carbocycles. The van der Waals surface area contributed by atoms with E-state index in [-0.39, 0.29) is 12.2 Å². The number of carbonyl (C=O) groups is 2. The van der Waals surface area contributed by atoms with Gasteiger partial charge in [0.2, 0.25) is 5.60 Å². The second-order valence-corrected chi connectivity index (χ2v) is 9.72. The molecule has 0 spiro atoms. The Morgan fingerprint density at radius 2 is 2.00 bits per heavy atom. The number of rotatable bonds is 6. The molecule has 0 radical (unpaired) electrons. The number of amides is 2. The van der Waals surface area contributed by atoms with Crippen LogP contribution in [0.5, 0.6) is 0 Å². The third-order valence-electron chi connectivity index (χ3n) is 6.33. The summed E-state index contributed by atoms with van der Waals surface area (Å²) in [5.74, 6) is -0.787. The molecule has 2 saturated heterocycles. The Morgan fingerprint density at radius 1 is 1.24 bits per heavy atom. The van der Waals surface area contributed by atoms with Gasteiger partial charge in [0.25, 0.3) is 11.8 Å². The van der Waals surface area contributed by atoms with Crippen molar-refractivity contribution in [1.29, 1.82) is 0 Å². The third kappa shape index (κ3) is 3.94. The van der Waals surface area contributed by atoms with Crippen LogP contribution in [0.4, 0.5) is 0 Å². The quantitative estimate of drug-likeness (QED) is 0.569. The lowest BCUT2D eigenvalue weighted by molar-refractivity contribution is -0.144. The lowest BCUT2D eigenvalue weighted by Gasteiger charge is -2.16.